The first kappa shape index (κ1) is 16.1. The summed E-state index contributed by atoms with van der Waals surface area (Å²) in [5, 5.41) is 9.22. The van der Waals surface area contributed by atoms with Gasteiger partial charge < -0.3 is 5.11 Å². The first-order chi connectivity index (χ1) is 8.70. The van der Waals surface area contributed by atoms with Gasteiger partial charge in [-0.2, -0.15) is 0 Å². The Morgan fingerprint density at radius 2 is 1.95 bits per heavy atom. The molecule has 0 aliphatic heterocycles. The number of rotatable bonds is 6. The van der Waals surface area contributed by atoms with Crippen LogP contribution in [0.4, 0.5) is 4.39 Å². The highest BCUT2D eigenvalue weighted by atomic mass is 32.2. The van der Waals surface area contributed by atoms with Crippen LogP contribution in [0.1, 0.15) is 25.8 Å². The Labute approximate surface area is 113 Å². The molecule has 2 N–H and O–H groups in total. The highest BCUT2D eigenvalue weighted by Gasteiger charge is 2.17. The Kier molecular flexibility index (Phi) is 5.46. The second-order valence-corrected chi connectivity index (χ2v) is 6.77. The molecule has 0 bridgehead atoms. The van der Waals surface area contributed by atoms with Gasteiger partial charge in [0.15, 0.2) is 0 Å². The Balaban J connectivity index is 2.76. The zero-order valence-electron chi connectivity index (χ0n) is 11.4. The van der Waals surface area contributed by atoms with Crippen molar-refractivity contribution in [2.24, 2.45) is 5.92 Å². The molecule has 1 rings (SSSR count). The lowest BCUT2D eigenvalue weighted by Gasteiger charge is -2.14. The third-order valence-corrected chi connectivity index (χ3v) is 4.09. The highest BCUT2D eigenvalue weighted by molar-refractivity contribution is 7.89. The quantitative estimate of drug-likeness (QED) is 0.839. The third kappa shape index (κ3) is 5.26. The molecule has 1 aromatic rings. The minimum absolute atomic E-state index is 0.00410. The fraction of sp³-hybridized carbons (Fsp3) is 0.538. The normalized spacial score (nSPS) is 15.2. The van der Waals surface area contributed by atoms with Crippen molar-refractivity contribution in [1.29, 1.82) is 0 Å². The van der Waals surface area contributed by atoms with Crippen LogP contribution in [0.3, 0.4) is 0 Å². The minimum atomic E-state index is -3.71. The van der Waals surface area contributed by atoms with Gasteiger partial charge in [0.25, 0.3) is 0 Å². The van der Waals surface area contributed by atoms with Crippen molar-refractivity contribution in [3.63, 3.8) is 0 Å². The van der Waals surface area contributed by atoms with Crippen LogP contribution in [0.15, 0.2) is 23.1 Å². The lowest BCUT2D eigenvalue weighted by molar-refractivity contribution is 0.165. The molecule has 0 saturated carbocycles. The van der Waals surface area contributed by atoms with Crippen LogP contribution in [-0.2, 0) is 10.0 Å². The van der Waals surface area contributed by atoms with Crippen LogP contribution in [0.5, 0.6) is 0 Å². The number of sulfonamides is 1. The van der Waals surface area contributed by atoms with E-state index in [-0.39, 0.29) is 17.4 Å². The van der Waals surface area contributed by atoms with Crippen LogP contribution in [0, 0.1) is 18.7 Å². The summed E-state index contributed by atoms with van der Waals surface area (Å²) in [6.07, 6.45) is 0.0287. The van der Waals surface area contributed by atoms with Gasteiger partial charge in [-0.15, -0.1) is 0 Å². The maximum absolute atomic E-state index is 13.2. The van der Waals surface area contributed by atoms with E-state index in [1.54, 1.807) is 13.8 Å². The fourth-order valence-electron chi connectivity index (χ4n) is 1.86. The SMILES string of the molecule is Cc1cc(F)cc(S(=O)(=O)NCC(C)CC(C)O)c1. The summed E-state index contributed by atoms with van der Waals surface area (Å²) in [6.45, 7) is 5.34. The molecule has 19 heavy (non-hydrogen) atoms. The summed E-state index contributed by atoms with van der Waals surface area (Å²) in [6, 6.07) is 3.69. The predicted molar refractivity (Wildman–Crippen MR) is 71.8 cm³/mol. The molecule has 2 atom stereocenters. The largest absolute Gasteiger partial charge is 0.393 e. The van der Waals surface area contributed by atoms with Gasteiger partial charge in [0.05, 0.1) is 11.0 Å². The van der Waals surface area contributed by atoms with Crippen LogP contribution < -0.4 is 4.72 Å². The van der Waals surface area contributed by atoms with E-state index in [0.29, 0.717) is 12.0 Å². The maximum atomic E-state index is 13.2. The van der Waals surface area contributed by atoms with Gasteiger partial charge in [-0.1, -0.05) is 6.92 Å². The van der Waals surface area contributed by atoms with Gasteiger partial charge in [-0.05, 0) is 49.9 Å². The third-order valence-electron chi connectivity index (χ3n) is 2.69. The smallest absolute Gasteiger partial charge is 0.240 e. The van der Waals surface area contributed by atoms with E-state index in [1.165, 1.54) is 12.1 Å². The van der Waals surface area contributed by atoms with Crippen LogP contribution in [-0.4, -0.2) is 26.2 Å². The number of nitrogens with one attached hydrogen (secondary N) is 1. The Morgan fingerprint density at radius 3 is 2.47 bits per heavy atom. The molecule has 0 aliphatic rings. The minimum Gasteiger partial charge on any atom is -0.393 e. The number of halogens is 1. The molecule has 2 unspecified atom stereocenters. The van der Waals surface area contributed by atoms with Crippen molar-refractivity contribution in [2.45, 2.75) is 38.2 Å². The molecule has 0 fully saturated rings. The monoisotopic (exact) mass is 289 g/mol. The lowest BCUT2D eigenvalue weighted by Crippen LogP contribution is -2.29. The number of aryl methyl sites for hydroxylation is 1. The first-order valence-corrected chi connectivity index (χ1v) is 7.64. The number of aliphatic hydroxyl groups is 1. The van der Waals surface area contributed by atoms with E-state index >= 15 is 0 Å². The van der Waals surface area contributed by atoms with Crippen molar-refractivity contribution in [2.75, 3.05) is 6.54 Å². The molecular weight excluding hydrogens is 269 g/mol. The molecule has 108 valence electrons. The summed E-state index contributed by atoms with van der Waals surface area (Å²) in [4.78, 5) is -0.0748. The Bertz CT molecular complexity index is 508. The van der Waals surface area contributed by atoms with Gasteiger partial charge >= 0.3 is 0 Å². The molecule has 0 amide bonds. The predicted octanol–water partition coefficient (Wildman–Crippen LogP) is 1.82. The number of aliphatic hydroxyl groups excluding tert-OH is 1. The summed E-state index contributed by atoms with van der Waals surface area (Å²) < 4.78 is 39.6. The van der Waals surface area contributed by atoms with Gasteiger partial charge in [-0.25, -0.2) is 17.5 Å². The van der Waals surface area contributed by atoms with Crippen molar-refractivity contribution in [3.05, 3.63) is 29.6 Å². The van der Waals surface area contributed by atoms with Crippen molar-refractivity contribution in [3.8, 4) is 0 Å². The molecular formula is C13H20FNO3S. The second kappa shape index (κ2) is 6.45. The molecule has 1 aromatic carbocycles. The van der Waals surface area contributed by atoms with E-state index in [9.17, 15) is 17.9 Å². The lowest BCUT2D eigenvalue weighted by atomic mass is 10.1. The van der Waals surface area contributed by atoms with Crippen LogP contribution in [0.25, 0.3) is 0 Å². The van der Waals surface area contributed by atoms with Crippen LogP contribution >= 0.6 is 0 Å². The molecule has 0 aromatic heterocycles. The molecule has 0 aliphatic carbocycles. The number of hydrogen-bond donors (Lipinski definition) is 2. The maximum Gasteiger partial charge on any atom is 0.240 e. The van der Waals surface area contributed by atoms with E-state index in [0.717, 1.165) is 6.07 Å². The number of benzene rings is 1. The van der Waals surface area contributed by atoms with Gasteiger partial charge in [0.1, 0.15) is 5.82 Å². The zero-order chi connectivity index (χ0) is 14.6. The standard InChI is InChI=1S/C13H20FNO3S/c1-9-5-12(14)7-13(6-9)19(17,18)15-8-10(2)4-11(3)16/h5-7,10-11,15-16H,4,8H2,1-3H3. The van der Waals surface area contributed by atoms with Gasteiger partial charge in [0, 0.05) is 6.54 Å². The first-order valence-electron chi connectivity index (χ1n) is 6.15. The molecule has 6 heteroatoms. The van der Waals surface area contributed by atoms with E-state index < -0.39 is 21.9 Å². The van der Waals surface area contributed by atoms with Crippen molar-refractivity contribution in [1.82, 2.24) is 4.72 Å². The van der Waals surface area contributed by atoms with E-state index in [2.05, 4.69) is 4.72 Å². The highest BCUT2D eigenvalue weighted by Crippen LogP contribution is 2.14. The van der Waals surface area contributed by atoms with Crippen LogP contribution in [0.2, 0.25) is 0 Å². The zero-order valence-corrected chi connectivity index (χ0v) is 12.2. The van der Waals surface area contributed by atoms with Gasteiger partial charge in [-0.3, -0.25) is 0 Å². The summed E-state index contributed by atoms with van der Waals surface area (Å²) >= 11 is 0. The molecule has 0 heterocycles. The topological polar surface area (TPSA) is 66.4 Å². The van der Waals surface area contributed by atoms with E-state index in [1.807, 2.05) is 6.92 Å². The Hall–Kier alpha value is -0.980. The Morgan fingerprint density at radius 1 is 1.32 bits per heavy atom. The summed E-state index contributed by atoms with van der Waals surface area (Å²) in [5.74, 6) is -0.568. The van der Waals surface area contributed by atoms with Crippen molar-refractivity contribution < 1.29 is 17.9 Å². The molecule has 0 radical (unpaired) electrons. The second-order valence-electron chi connectivity index (χ2n) is 5.01. The molecule has 0 spiro atoms. The fourth-order valence-corrected chi connectivity index (χ4v) is 3.14. The molecule has 0 saturated heterocycles. The summed E-state index contributed by atoms with van der Waals surface area (Å²) in [5.41, 5.74) is 0.553. The number of hydrogen-bond acceptors (Lipinski definition) is 3. The summed E-state index contributed by atoms with van der Waals surface area (Å²) in [7, 11) is -3.71. The molecule has 4 nitrogen and oxygen atoms in total. The van der Waals surface area contributed by atoms with E-state index in [4.69, 9.17) is 0 Å². The average molecular weight is 289 g/mol. The average Bonchev–Trinajstić information content (AvgIpc) is 2.24. The van der Waals surface area contributed by atoms with Gasteiger partial charge in [0.2, 0.25) is 10.0 Å². The van der Waals surface area contributed by atoms with Crippen molar-refractivity contribution >= 4 is 10.0 Å².